The van der Waals surface area contributed by atoms with Crippen molar-refractivity contribution in [1.82, 2.24) is 34.3 Å². The molecular formula is C24H27N7O. The van der Waals surface area contributed by atoms with Gasteiger partial charge in [-0.1, -0.05) is 18.2 Å². The number of hydrogen-bond donors (Lipinski definition) is 0. The second-order valence-corrected chi connectivity index (χ2v) is 8.46. The van der Waals surface area contributed by atoms with Crippen molar-refractivity contribution in [1.29, 1.82) is 0 Å². The van der Waals surface area contributed by atoms with E-state index < -0.39 is 0 Å². The number of piperazine rings is 1. The number of para-hydroxylation sites is 1. The number of aromatic nitrogens is 5. The largest absolute Gasteiger partial charge is 0.336 e. The molecule has 164 valence electrons. The topological polar surface area (TPSA) is 72.1 Å². The number of benzene rings is 1. The molecule has 0 atom stereocenters. The van der Waals surface area contributed by atoms with Crippen molar-refractivity contribution >= 4 is 16.8 Å². The van der Waals surface area contributed by atoms with Gasteiger partial charge in [-0.05, 0) is 19.1 Å². The maximum absolute atomic E-state index is 13.6. The molecule has 1 fully saturated rings. The highest BCUT2D eigenvalue weighted by Crippen LogP contribution is 2.26. The van der Waals surface area contributed by atoms with E-state index in [-0.39, 0.29) is 5.91 Å². The molecule has 1 aliphatic heterocycles. The molecular weight excluding hydrogens is 402 g/mol. The van der Waals surface area contributed by atoms with Crippen molar-refractivity contribution in [3.8, 4) is 11.3 Å². The van der Waals surface area contributed by atoms with Gasteiger partial charge in [0.15, 0.2) is 0 Å². The van der Waals surface area contributed by atoms with Crippen LogP contribution < -0.4 is 0 Å². The first-order valence-electron chi connectivity index (χ1n) is 10.9. The smallest absolute Gasteiger partial charge is 0.254 e. The van der Waals surface area contributed by atoms with Crippen molar-refractivity contribution in [2.24, 2.45) is 14.1 Å². The molecule has 32 heavy (non-hydrogen) atoms. The van der Waals surface area contributed by atoms with Crippen LogP contribution in [-0.4, -0.2) is 66.4 Å². The Kier molecular flexibility index (Phi) is 5.22. The number of hydrogen-bond acceptors (Lipinski definition) is 5. The summed E-state index contributed by atoms with van der Waals surface area (Å²) >= 11 is 0. The molecule has 4 heterocycles. The summed E-state index contributed by atoms with van der Waals surface area (Å²) in [5.41, 5.74) is 5.51. The highest BCUT2D eigenvalue weighted by atomic mass is 16.2. The maximum Gasteiger partial charge on any atom is 0.254 e. The molecule has 5 rings (SSSR count). The number of aryl methyl sites for hydroxylation is 3. The van der Waals surface area contributed by atoms with E-state index in [1.54, 1.807) is 10.9 Å². The average Bonchev–Trinajstić information content (AvgIpc) is 3.37. The standard InChI is InChI=1S/C24H27N7O/c1-17-19(15-29(3)27-17)16-30-8-10-31(11-9-30)24(32)21-12-23(18-13-25-28(2)14-18)26-22-7-5-4-6-20(21)22/h4-7,12-15H,8-11,16H2,1-3H3. The number of carbonyl (C=O) groups is 1. The first-order chi connectivity index (χ1) is 15.5. The molecule has 0 aliphatic carbocycles. The van der Waals surface area contributed by atoms with E-state index in [4.69, 9.17) is 4.98 Å². The average molecular weight is 430 g/mol. The van der Waals surface area contributed by atoms with Crippen LogP contribution in [0.4, 0.5) is 0 Å². The fourth-order valence-corrected chi connectivity index (χ4v) is 4.38. The number of pyridine rings is 1. The predicted molar refractivity (Wildman–Crippen MR) is 123 cm³/mol. The van der Waals surface area contributed by atoms with Gasteiger partial charge < -0.3 is 4.90 Å². The van der Waals surface area contributed by atoms with E-state index in [0.29, 0.717) is 18.7 Å². The fraction of sp³-hybridized carbons (Fsp3) is 0.333. The van der Waals surface area contributed by atoms with Crippen LogP contribution in [0.2, 0.25) is 0 Å². The van der Waals surface area contributed by atoms with Crippen LogP contribution in [-0.2, 0) is 20.6 Å². The van der Waals surface area contributed by atoms with Crippen molar-refractivity contribution < 1.29 is 4.79 Å². The molecule has 0 radical (unpaired) electrons. The van der Waals surface area contributed by atoms with Gasteiger partial charge in [-0.3, -0.25) is 19.1 Å². The molecule has 8 heteroatoms. The highest BCUT2D eigenvalue weighted by molar-refractivity contribution is 6.07. The lowest BCUT2D eigenvalue weighted by Crippen LogP contribution is -2.48. The van der Waals surface area contributed by atoms with Gasteiger partial charge in [-0.15, -0.1) is 0 Å². The third kappa shape index (κ3) is 3.89. The highest BCUT2D eigenvalue weighted by Gasteiger charge is 2.25. The van der Waals surface area contributed by atoms with E-state index in [1.807, 2.05) is 67.1 Å². The number of nitrogens with zero attached hydrogens (tertiary/aromatic N) is 7. The minimum absolute atomic E-state index is 0.0611. The number of fused-ring (bicyclic) bond motifs is 1. The first kappa shape index (κ1) is 20.4. The van der Waals surface area contributed by atoms with Gasteiger partial charge in [-0.25, -0.2) is 4.98 Å². The molecule has 0 saturated carbocycles. The predicted octanol–water partition coefficient (Wildman–Crippen LogP) is 2.64. The van der Waals surface area contributed by atoms with E-state index >= 15 is 0 Å². The minimum Gasteiger partial charge on any atom is -0.336 e. The van der Waals surface area contributed by atoms with Gasteiger partial charge >= 0.3 is 0 Å². The van der Waals surface area contributed by atoms with Gasteiger partial charge in [0.05, 0.1) is 28.7 Å². The summed E-state index contributed by atoms with van der Waals surface area (Å²) < 4.78 is 3.61. The summed E-state index contributed by atoms with van der Waals surface area (Å²) in [5.74, 6) is 0.0611. The summed E-state index contributed by atoms with van der Waals surface area (Å²) in [5, 5.41) is 9.58. The number of carbonyl (C=O) groups excluding carboxylic acids is 1. The van der Waals surface area contributed by atoms with Gasteiger partial charge in [0, 0.05) is 75.7 Å². The van der Waals surface area contributed by atoms with Crippen LogP contribution in [0.25, 0.3) is 22.2 Å². The molecule has 1 saturated heterocycles. The SMILES string of the molecule is Cc1nn(C)cc1CN1CCN(C(=O)c2cc(-c3cnn(C)c3)nc3ccccc23)CC1. The number of rotatable bonds is 4. The summed E-state index contributed by atoms with van der Waals surface area (Å²) in [4.78, 5) is 22.7. The summed E-state index contributed by atoms with van der Waals surface area (Å²) in [7, 11) is 3.83. The molecule has 0 unspecified atom stereocenters. The zero-order valence-electron chi connectivity index (χ0n) is 18.7. The van der Waals surface area contributed by atoms with Crippen LogP contribution in [0.1, 0.15) is 21.6 Å². The van der Waals surface area contributed by atoms with Crippen LogP contribution in [0.15, 0.2) is 48.9 Å². The molecule has 1 aliphatic rings. The lowest BCUT2D eigenvalue weighted by Gasteiger charge is -2.35. The van der Waals surface area contributed by atoms with Gasteiger partial charge in [0.1, 0.15) is 0 Å². The van der Waals surface area contributed by atoms with E-state index in [2.05, 4.69) is 21.3 Å². The van der Waals surface area contributed by atoms with Crippen LogP contribution in [0.5, 0.6) is 0 Å². The molecule has 0 spiro atoms. The van der Waals surface area contributed by atoms with E-state index in [9.17, 15) is 4.79 Å². The lowest BCUT2D eigenvalue weighted by atomic mass is 10.0. The van der Waals surface area contributed by atoms with Gasteiger partial charge in [0.25, 0.3) is 5.91 Å². The molecule has 0 bridgehead atoms. The molecule has 4 aromatic rings. The Morgan fingerprint density at radius 2 is 1.81 bits per heavy atom. The monoisotopic (exact) mass is 429 g/mol. The Labute approximate surface area is 187 Å². The summed E-state index contributed by atoms with van der Waals surface area (Å²) in [6.07, 6.45) is 5.78. The molecule has 1 aromatic carbocycles. The molecule has 1 amide bonds. The lowest BCUT2D eigenvalue weighted by molar-refractivity contribution is 0.0630. The minimum atomic E-state index is 0.0611. The van der Waals surface area contributed by atoms with Crippen LogP contribution in [0.3, 0.4) is 0 Å². The van der Waals surface area contributed by atoms with Crippen molar-refractivity contribution in [2.75, 3.05) is 26.2 Å². The molecule has 3 aromatic heterocycles. The fourth-order valence-electron chi connectivity index (χ4n) is 4.38. The first-order valence-corrected chi connectivity index (χ1v) is 10.9. The zero-order valence-corrected chi connectivity index (χ0v) is 18.7. The van der Waals surface area contributed by atoms with Crippen LogP contribution in [0, 0.1) is 6.92 Å². The summed E-state index contributed by atoms with van der Waals surface area (Å²) in [6, 6.07) is 9.76. The third-order valence-electron chi connectivity index (χ3n) is 6.12. The van der Waals surface area contributed by atoms with Gasteiger partial charge in [-0.2, -0.15) is 10.2 Å². The Balaban J connectivity index is 1.37. The molecule has 8 nitrogen and oxygen atoms in total. The zero-order chi connectivity index (χ0) is 22.2. The van der Waals surface area contributed by atoms with E-state index in [1.165, 1.54) is 5.56 Å². The second-order valence-electron chi connectivity index (χ2n) is 8.46. The van der Waals surface area contributed by atoms with E-state index in [0.717, 1.165) is 47.5 Å². The Hall–Kier alpha value is -3.52. The Morgan fingerprint density at radius 3 is 2.50 bits per heavy atom. The van der Waals surface area contributed by atoms with Crippen LogP contribution >= 0.6 is 0 Å². The van der Waals surface area contributed by atoms with Crippen molar-refractivity contribution in [3.05, 3.63) is 65.7 Å². The van der Waals surface area contributed by atoms with Crippen molar-refractivity contribution in [3.63, 3.8) is 0 Å². The normalized spacial score (nSPS) is 14.9. The van der Waals surface area contributed by atoms with Crippen molar-refractivity contribution in [2.45, 2.75) is 13.5 Å². The Morgan fingerprint density at radius 1 is 1.03 bits per heavy atom. The quantitative estimate of drug-likeness (QED) is 0.499. The Bertz CT molecular complexity index is 1280. The summed E-state index contributed by atoms with van der Waals surface area (Å²) in [6.45, 7) is 6.01. The van der Waals surface area contributed by atoms with Gasteiger partial charge in [0.2, 0.25) is 0 Å². The third-order valence-corrected chi connectivity index (χ3v) is 6.12. The second kappa shape index (κ2) is 8.20. The molecule has 0 N–H and O–H groups in total. The maximum atomic E-state index is 13.6. The number of amides is 1.